The van der Waals surface area contributed by atoms with Gasteiger partial charge in [0.15, 0.2) is 0 Å². The highest BCUT2D eigenvalue weighted by molar-refractivity contribution is 6.32. The van der Waals surface area contributed by atoms with E-state index in [1.807, 2.05) is 0 Å². The topological polar surface area (TPSA) is 106 Å². The van der Waals surface area contributed by atoms with Crippen molar-refractivity contribution >= 4 is 35.0 Å². The number of carbonyl (C=O) groups is 3. The van der Waals surface area contributed by atoms with E-state index in [0.29, 0.717) is 22.2 Å². The predicted molar refractivity (Wildman–Crippen MR) is 77.6 cm³/mol. The third kappa shape index (κ3) is 3.22. The third-order valence-electron chi connectivity index (χ3n) is 3.08. The molecule has 1 heterocycles. The largest absolute Gasteiger partial charge is 0.495 e. The Hall–Kier alpha value is -2.48. The summed E-state index contributed by atoms with van der Waals surface area (Å²) in [5, 5.41) is 2.89. The fourth-order valence-corrected chi connectivity index (χ4v) is 2.18. The highest BCUT2D eigenvalue weighted by atomic mass is 35.5. The Balaban J connectivity index is 2.14. The molecule has 0 unspecified atom stereocenters. The Morgan fingerprint density at radius 3 is 2.32 bits per heavy atom. The van der Waals surface area contributed by atoms with Gasteiger partial charge in [0.1, 0.15) is 17.4 Å². The maximum absolute atomic E-state index is 12.0. The Bertz CT molecular complexity index is 618. The molecule has 1 saturated heterocycles. The predicted octanol–water partition coefficient (Wildman–Crippen LogP) is 0.463. The monoisotopic (exact) mass is 327 g/mol. The lowest BCUT2D eigenvalue weighted by atomic mass is 10.1. The number of hydrazine groups is 1. The van der Waals surface area contributed by atoms with Crippen molar-refractivity contribution in [1.29, 1.82) is 0 Å². The second-order valence-corrected chi connectivity index (χ2v) is 4.88. The number of amides is 3. The van der Waals surface area contributed by atoms with Crippen LogP contribution in [0.4, 0.5) is 5.69 Å². The van der Waals surface area contributed by atoms with Gasteiger partial charge in [-0.1, -0.05) is 11.6 Å². The first kappa shape index (κ1) is 15.9. The number of hydrogen-bond acceptors (Lipinski definition) is 5. The fourth-order valence-electron chi connectivity index (χ4n) is 1.95. The van der Waals surface area contributed by atoms with E-state index in [9.17, 15) is 14.4 Å². The summed E-state index contributed by atoms with van der Waals surface area (Å²) < 4.78 is 10.2. The van der Waals surface area contributed by atoms with Crippen LogP contribution in [0.15, 0.2) is 12.1 Å². The van der Waals surface area contributed by atoms with E-state index in [0.717, 1.165) is 0 Å². The lowest BCUT2D eigenvalue weighted by Crippen LogP contribution is -2.28. The molecular weight excluding hydrogens is 314 g/mol. The van der Waals surface area contributed by atoms with Gasteiger partial charge in [-0.15, -0.1) is 0 Å². The molecule has 3 N–H and O–H groups in total. The van der Waals surface area contributed by atoms with Gasteiger partial charge in [0.25, 0.3) is 11.8 Å². The zero-order valence-electron chi connectivity index (χ0n) is 11.9. The number of benzene rings is 1. The molecule has 0 bridgehead atoms. The molecule has 0 spiro atoms. The highest BCUT2D eigenvalue weighted by Crippen LogP contribution is 2.36. The summed E-state index contributed by atoms with van der Waals surface area (Å²) in [4.78, 5) is 34.8. The SMILES string of the molecule is COc1cc(NC(=O)CC2C(=O)NNC2=O)c(OC)cc1Cl. The van der Waals surface area contributed by atoms with Gasteiger partial charge in [0.2, 0.25) is 5.91 Å². The number of nitrogens with one attached hydrogen (secondary N) is 3. The summed E-state index contributed by atoms with van der Waals surface area (Å²) in [7, 11) is 2.86. The van der Waals surface area contributed by atoms with Gasteiger partial charge < -0.3 is 14.8 Å². The van der Waals surface area contributed by atoms with E-state index in [1.54, 1.807) is 0 Å². The third-order valence-corrected chi connectivity index (χ3v) is 3.37. The number of carbonyl (C=O) groups excluding carboxylic acids is 3. The molecule has 1 aliphatic heterocycles. The van der Waals surface area contributed by atoms with E-state index >= 15 is 0 Å². The van der Waals surface area contributed by atoms with Gasteiger partial charge >= 0.3 is 0 Å². The summed E-state index contributed by atoms with van der Waals surface area (Å²) in [6, 6.07) is 2.98. The molecule has 2 rings (SSSR count). The number of rotatable bonds is 5. The molecule has 22 heavy (non-hydrogen) atoms. The van der Waals surface area contributed by atoms with Gasteiger partial charge in [-0.2, -0.15) is 0 Å². The molecule has 8 nitrogen and oxygen atoms in total. The molecule has 0 saturated carbocycles. The van der Waals surface area contributed by atoms with Crippen molar-refractivity contribution in [2.75, 3.05) is 19.5 Å². The number of hydrogen-bond donors (Lipinski definition) is 3. The second kappa shape index (κ2) is 6.52. The van der Waals surface area contributed by atoms with Crippen molar-refractivity contribution in [2.24, 2.45) is 5.92 Å². The van der Waals surface area contributed by atoms with Crippen LogP contribution in [0.25, 0.3) is 0 Å². The van der Waals surface area contributed by atoms with Crippen LogP contribution in [-0.4, -0.2) is 31.9 Å². The number of halogens is 1. The fraction of sp³-hybridized carbons (Fsp3) is 0.308. The number of methoxy groups -OCH3 is 2. The smallest absolute Gasteiger partial charge is 0.251 e. The molecule has 1 aromatic carbocycles. The number of ether oxygens (including phenoxy) is 2. The first-order valence-electron chi connectivity index (χ1n) is 6.27. The lowest BCUT2D eigenvalue weighted by Gasteiger charge is -2.13. The Labute approximate surface area is 131 Å². The minimum atomic E-state index is -1.06. The van der Waals surface area contributed by atoms with Crippen LogP contribution < -0.4 is 25.6 Å². The van der Waals surface area contributed by atoms with Crippen LogP contribution in [0.2, 0.25) is 5.02 Å². The van der Waals surface area contributed by atoms with Crippen LogP contribution in [0, 0.1) is 5.92 Å². The van der Waals surface area contributed by atoms with Crippen LogP contribution in [0.5, 0.6) is 11.5 Å². The maximum Gasteiger partial charge on any atom is 0.251 e. The quantitative estimate of drug-likeness (QED) is 0.681. The van der Waals surface area contributed by atoms with Crippen molar-refractivity contribution in [3.8, 4) is 11.5 Å². The zero-order valence-corrected chi connectivity index (χ0v) is 12.6. The Kier molecular flexibility index (Phi) is 4.71. The van der Waals surface area contributed by atoms with E-state index in [-0.39, 0.29) is 6.42 Å². The summed E-state index contributed by atoms with van der Waals surface area (Å²) in [5.41, 5.74) is 4.64. The van der Waals surface area contributed by atoms with Crippen LogP contribution in [-0.2, 0) is 14.4 Å². The van der Waals surface area contributed by atoms with Crippen LogP contribution in [0.1, 0.15) is 6.42 Å². The van der Waals surface area contributed by atoms with Crippen LogP contribution in [0.3, 0.4) is 0 Å². The molecule has 0 aromatic heterocycles. The second-order valence-electron chi connectivity index (χ2n) is 4.47. The molecule has 118 valence electrons. The van der Waals surface area contributed by atoms with Crippen molar-refractivity contribution in [3.63, 3.8) is 0 Å². The zero-order chi connectivity index (χ0) is 16.3. The maximum atomic E-state index is 12.0. The molecule has 9 heteroatoms. The minimum Gasteiger partial charge on any atom is -0.495 e. The molecule has 0 aliphatic carbocycles. The van der Waals surface area contributed by atoms with Gasteiger partial charge in [0, 0.05) is 18.6 Å². The molecule has 1 aliphatic rings. The first-order chi connectivity index (χ1) is 10.5. The molecule has 0 radical (unpaired) electrons. The van der Waals surface area contributed by atoms with Gasteiger partial charge in [0.05, 0.1) is 24.9 Å². The molecule has 3 amide bonds. The summed E-state index contributed by atoms with van der Waals surface area (Å²) in [6.07, 6.45) is -0.286. The molecule has 1 aromatic rings. The Morgan fingerprint density at radius 2 is 1.77 bits per heavy atom. The lowest BCUT2D eigenvalue weighted by molar-refractivity contribution is -0.131. The minimum absolute atomic E-state index is 0.286. The van der Waals surface area contributed by atoms with Crippen molar-refractivity contribution < 1.29 is 23.9 Å². The van der Waals surface area contributed by atoms with Crippen LogP contribution >= 0.6 is 11.6 Å². The van der Waals surface area contributed by atoms with E-state index in [2.05, 4.69) is 16.2 Å². The van der Waals surface area contributed by atoms with Crippen molar-refractivity contribution in [3.05, 3.63) is 17.2 Å². The average molecular weight is 328 g/mol. The van der Waals surface area contributed by atoms with E-state index < -0.39 is 23.6 Å². The normalized spacial score (nSPS) is 14.3. The van der Waals surface area contributed by atoms with Crippen molar-refractivity contribution in [2.45, 2.75) is 6.42 Å². The van der Waals surface area contributed by atoms with Gasteiger partial charge in [-0.3, -0.25) is 25.2 Å². The van der Waals surface area contributed by atoms with Gasteiger partial charge in [-0.25, -0.2) is 0 Å². The van der Waals surface area contributed by atoms with E-state index in [1.165, 1.54) is 26.4 Å². The molecular formula is C13H14ClN3O5. The van der Waals surface area contributed by atoms with E-state index in [4.69, 9.17) is 21.1 Å². The highest BCUT2D eigenvalue weighted by Gasteiger charge is 2.34. The average Bonchev–Trinajstić information content (AvgIpc) is 2.80. The standard InChI is InChI=1S/C13H14ClN3O5/c1-21-9-5-8(10(22-2)4-7(9)14)15-11(18)3-6-12(19)16-17-13(6)20/h4-6H,3H2,1-2H3,(H,15,18)(H,16,19)(H,17,20). The summed E-state index contributed by atoms with van der Waals surface area (Å²) in [6.45, 7) is 0. The molecule has 0 atom stereocenters. The molecule has 1 fully saturated rings. The van der Waals surface area contributed by atoms with Gasteiger partial charge in [-0.05, 0) is 0 Å². The summed E-state index contributed by atoms with van der Waals surface area (Å²) >= 11 is 5.97. The summed E-state index contributed by atoms with van der Waals surface area (Å²) in [5.74, 6) is -1.96. The number of anilines is 1. The first-order valence-corrected chi connectivity index (χ1v) is 6.65. The Morgan fingerprint density at radius 1 is 1.18 bits per heavy atom. The van der Waals surface area contributed by atoms with Crippen molar-refractivity contribution in [1.82, 2.24) is 10.9 Å².